The van der Waals surface area contributed by atoms with E-state index in [2.05, 4.69) is 38.9 Å². The number of thioether (sulfide) groups is 1. The van der Waals surface area contributed by atoms with Gasteiger partial charge in [0.25, 0.3) is 0 Å². The molecule has 0 saturated carbocycles. The highest BCUT2D eigenvalue weighted by atomic mass is 32.2. The Balaban J connectivity index is 2.32. The first-order valence-corrected chi connectivity index (χ1v) is 7.52. The van der Waals surface area contributed by atoms with Crippen LogP contribution in [-0.4, -0.2) is 27.3 Å². The van der Waals surface area contributed by atoms with Gasteiger partial charge < -0.3 is 5.73 Å². The summed E-state index contributed by atoms with van der Waals surface area (Å²) in [5.41, 5.74) is 7.21. The highest BCUT2D eigenvalue weighted by Gasteiger charge is 2.08. The van der Waals surface area contributed by atoms with Gasteiger partial charge in [-0.05, 0) is 31.6 Å². The summed E-state index contributed by atoms with van der Waals surface area (Å²) in [4.78, 5) is 0. The summed E-state index contributed by atoms with van der Waals surface area (Å²) in [5, 5.41) is 4.52. The Morgan fingerprint density at radius 1 is 1.29 bits per heavy atom. The van der Waals surface area contributed by atoms with E-state index in [9.17, 15) is 0 Å². The van der Waals surface area contributed by atoms with Gasteiger partial charge in [0.2, 0.25) is 0 Å². The lowest BCUT2D eigenvalue weighted by molar-refractivity contribution is 0.523. The molecule has 0 aromatic carbocycles. The minimum atomic E-state index is 0.217. The van der Waals surface area contributed by atoms with Crippen molar-refractivity contribution in [3.8, 4) is 0 Å². The van der Waals surface area contributed by atoms with Crippen LogP contribution in [0, 0.1) is 5.92 Å². The standard InChI is InChI=1S/C13H25N3S/c1-10(2)8-17-9-12(14)7-13-5-6-16(15-13)11(3)4/h5-6,10-12H,7-9,14H2,1-4H3. The Hall–Kier alpha value is -0.480. The summed E-state index contributed by atoms with van der Waals surface area (Å²) in [5.74, 6) is 2.95. The predicted octanol–water partition coefficient (Wildman–Crippen LogP) is 2.72. The zero-order chi connectivity index (χ0) is 12.8. The molecule has 1 aromatic rings. The SMILES string of the molecule is CC(C)CSCC(N)Cc1ccn(C(C)C)n1. The van der Waals surface area contributed by atoms with Crippen molar-refractivity contribution >= 4 is 11.8 Å². The molecule has 0 amide bonds. The Morgan fingerprint density at radius 3 is 2.53 bits per heavy atom. The predicted molar refractivity (Wildman–Crippen MR) is 76.5 cm³/mol. The molecule has 17 heavy (non-hydrogen) atoms. The molecule has 0 aliphatic heterocycles. The molecule has 0 spiro atoms. The Bertz CT molecular complexity index is 320. The summed E-state index contributed by atoms with van der Waals surface area (Å²) in [6.07, 6.45) is 2.92. The average Bonchev–Trinajstić information content (AvgIpc) is 2.65. The fraction of sp³-hybridized carbons (Fsp3) is 0.769. The van der Waals surface area contributed by atoms with Crippen LogP contribution < -0.4 is 5.73 Å². The number of hydrogen-bond donors (Lipinski definition) is 1. The molecular formula is C13H25N3S. The summed E-state index contributed by atoms with van der Waals surface area (Å²) in [6.45, 7) is 8.75. The average molecular weight is 255 g/mol. The number of nitrogens with two attached hydrogens (primary N) is 1. The summed E-state index contributed by atoms with van der Waals surface area (Å²) in [7, 11) is 0. The number of hydrogen-bond acceptors (Lipinski definition) is 3. The zero-order valence-corrected chi connectivity index (χ0v) is 12.2. The lowest BCUT2D eigenvalue weighted by Gasteiger charge is -2.11. The molecule has 1 heterocycles. The lowest BCUT2D eigenvalue weighted by Crippen LogP contribution is -2.26. The summed E-state index contributed by atoms with van der Waals surface area (Å²) < 4.78 is 1.99. The van der Waals surface area contributed by atoms with Crippen LogP contribution in [0.4, 0.5) is 0 Å². The first-order valence-electron chi connectivity index (χ1n) is 6.36. The smallest absolute Gasteiger partial charge is 0.0640 e. The molecule has 0 bridgehead atoms. The van der Waals surface area contributed by atoms with Gasteiger partial charge in [0.05, 0.1) is 5.69 Å². The lowest BCUT2D eigenvalue weighted by atomic mass is 10.2. The molecule has 2 N–H and O–H groups in total. The number of nitrogens with zero attached hydrogens (tertiary/aromatic N) is 2. The van der Waals surface area contributed by atoms with E-state index in [4.69, 9.17) is 5.73 Å². The summed E-state index contributed by atoms with van der Waals surface area (Å²) in [6, 6.07) is 2.72. The van der Waals surface area contributed by atoms with E-state index in [1.807, 2.05) is 22.6 Å². The molecule has 0 aliphatic rings. The van der Waals surface area contributed by atoms with Crippen molar-refractivity contribution in [1.82, 2.24) is 9.78 Å². The molecule has 0 saturated heterocycles. The molecule has 1 aromatic heterocycles. The molecule has 4 heteroatoms. The maximum absolute atomic E-state index is 6.11. The molecule has 3 nitrogen and oxygen atoms in total. The van der Waals surface area contributed by atoms with Crippen LogP contribution in [0.2, 0.25) is 0 Å². The van der Waals surface area contributed by atoms with Gasteiger partial charge in [-0.2, -0.15) is 16.9 Å². The van der Waals surface area contributed by atoms with Crippen molar-refractivity contribution in [3.05, 3.63) is 18.0 Å². The molecule has 98 valence electrons. The van der Waals surface area contributed by atoms with Crippen molar-refractivity contribution in [1.29, 1.82) is 0 Å². The third kappa shape index (κ3) is 5.59. The fourth-order valence-corrected chi connectivity index (χ4v) is 2.58. The van der Waals surface area contributed by atoms with Gasteiger partial charge in [-0.25, -0.2) is 0 Å². The number of aromatic nitrogens is 2. The molecule has 0 radical (unpaired) electrons. The van der Waals surface area contributed by atoms with E-state index in [-0.39, 0.29) is 6.04 Å². The zero-order valence-electron chi connectivity index (χ0n) is 11.4. The van der Waals surface area contributed by atoms with E-state index < -0.39 is 0 Å². The maximum atomic E-state index is 6.11. The van der Waals surface area contributed by atoms with Crippen LogP contribution in [0.15, 0.2) is 12.3 Å². The maximum Gasteiger partial charge on any atom is 0.0640 e. The van der Waals surface area contributed by atoms with E-state index in [0.29, 0.717) is 6.04 Å². The quantitative estimate of drug-likeness (QED) is 0.814. The highest BCUT2D eigenvalue weighted by molar-refractivity contribution is 7.99. The van der Waals surface area contributed by atoms with Crippen LogP contribution in [-0.2, 0) is 6.42 Å². The molecule has 0 fully saturated rings. The molecule has 1 atom stereocenters. The van der Waals surface area contributed by atoms with Crippen LogP contribution in [0.25, 0.3) is 0 Å². The van der Waals surface area contributed by atoms with Crippen LogP contribution in [0.1, 0.15) is 39.4 Å². The third-order valence-corrected chi connectivity index (χ3v) is 4.01. The second-order valence-corrected chi connectivity index (χ2v) is 6.35. The first-order chi connectivity index (χ1) is 7.99. The van der Waals surface area contributed by atoms with Gasteiger partial charge in [0, 0.05) is 30.5 Å². The van der Waals surface area contributed by atoms with Gasteiger partial charge >= 0.3 is 0 Å². The van der Waals surface area contributed by atoms with Crippen molar-refractivity contribution in [2.24, 2.45) is 11.7 Å². The first kappa shape index (κ1) is 14.6. The second-order valence-electron chi connectivity index (χ2n) is 5.28. The van der Waals surface area contributed by atoms with Crippen LogP contribution >= 0.6 is 11.8 Å². The van der Waals surface area contributed by atoms with Gasteiger partial charge in [0.1, 0.15) is 0 Å². The Labute approximate surface area is 109 Å². The normalized spacial score (nSPS) is 13.6. The van der Waals surface area contributed by atoms with Gasteiger partial charge in [-0.3, -0.25) is 4.68 Å². The highest BCUT2D eigenvalue weighted by Crippen LogP contribution is 2.11. The molecule has 0 aliphatic carbocycles. The van der Waals surface area contributed by atoms with Gasteiger partial charge in [-0.1, -0.05) is 13.8 Å². The van der Waals surface area contributed by atoms with E-state index in [0.717, 1.165) is 23.8 Å². The van der Waals surface area contributed by atoms with Crippen molar-refractivity contribution in [2.45, 2.75) is 46.2 Å². The van der Waals surface area contributed by atoms with E-state index in [1.54, 1.807) is 0 Å². The molecule has 1 unspecified atom stereocenters. The minimum Gasteiger partial charge on any atom is -0.327 e. The van der Waals surface area contributed by atoms with E-state index in [1.165, 1.54) is 5.75 Å². The van der Waals surface area contributed by atoms with Crippen molar-refractivity contribution in [2.75, 3.05) is 11.5 Å². The fourth-order valence-electron chi connectivity index (χ4n) is 1.56. The molecular weight excluding hydrogens is 230 g/mol. The Morgan fingerprint density at radius 2 is 2.00 bits per heavy atom. The third-order valence-electron chi connectivity index (χ3n) is 2.45. The van der Waals surface area contributed by atoms with Crippen molar-refractivity contribution < 1.29 is 0 Å². The number of rotatable bonds is 7. The van der Waals surface area contributed by atoms with E-state index >= 15 is 0 Å². The largest absolute Gasteiger partial charge is 0.327 e. The second kappa shape index (κ2) is 7.07. The van der Waals surface area contributed by atoms with Crippen molar-refractivity contribution in [3.63, 3.8) is 0 Å². The molecule has 1 rings (SSSR count). The van der Waals surface area contributed by atoms with Crippen LogP contribution in [0.3, 0.4) is 0 Å². The van der Waals surface area contributed by atoms with Gasteiger partial charge in [-0.15, -0.1) is 0 Å². The monoisotopic (exact) mass is 255 g/mol. The van der Waals surface area contributed by atoms with Crippen LogP contribution in [0.5, 0.6) is 0 Å². The van der Waals surface area contributed by atoms with Gasteiger partial charge in [0.15, 0.2) is 0 Å². The Kier molecular flexibility index (Phi) is 6.06. The summed E-state index contributed by atoms with van der Waals surface area (Å²) >= 11 is 1.94. The minimum absolute atomic E-state index is 0.217. The topological polar surface area (TPSA) is 43.8 Å².